The summed E-state index contributed by atoms with van der Waals surface area (Å²) in [6.07, 6.45) is 6.25. The molecule has 0 aliphatic carbocycles. The van der Waals surface area contributed by atoms with Gasteiger partial charge in [-0.2, -0.15) is 29.8 Å². The molecule has 1 N–H and O–H groups in total. The van der Waals surface area contributed by atoms with Crippen LogP contribution in [0.1, 0.15) is 6.92 Å². The fraction of sp³-hybridized carbons (Fsp3) is 0.273. The molecule has 0 bridgehead atoms. The summed E-state index contributed by atoms with van der Waals surface area (Å²) < 4.78 is 8.76. The number of ether oxygens (including phenoxy) is 1. The van der Waals surface area contributed by atoms with Gasteiger partial charge in [-0.3, -0.25) is 4.68 Å². The topological polar surface area (TPSA) is 108 Å². The number of aryl methyl sites for hydroxylation is 1. The van der Waals surface area contributed by atoms with Crippen LogP contribution in [-0.2, 0) is 6.54 Å². The van der Waals surface area contributed by atoms with Crippen LogP contribution in [0.25, 0.3) is 5.95 Å². The second-order valence-corrected chi connectivity index (χ2v) is 3.97. The van der Waals surface area contributed by atoms with E-state index in [1.54, 1.807) is 24.1 Å². The number of anilines is 1. The normalized spacial score (nSPS) is 10.6. The monoisotopic (exact) mass is 287 g/mol. The molecule has 10 heteroatoms. The standard InChI is InChI=1S/C11H13N9O/c1-3-19-5-8(4-14-19)21-11-17-9(12-2)16-10(18-11)20-7-13-6-15-20/h4-7H,3H2,1-2H3,(H,12,16,17,18). The zero-order valence-corrected chi connectivity index (χ0v) is 11.5. The first-order valence-electron chi connectivity index (χ1n) is 6.27. The lowest BCUT2D eigenvalue weighted by Gasteiger charge is -2.05. The van der Waals surface area contributed by atoms with Gasteiger partial charge in [0, 0.05) is 13.6 Å². The van der Waals surface area contributed by atoms with E-state index in [0.29, 0.717) is 17.6 Å². The Balaban J connectivity index is 1.92. The zero-order chi connectivity index (χ0) is 14.7. The van der Waals surface area contributed by atoms with Gasteiger partial charge in [-0.1, -0.05) is 0 Å². The summed E-state index contributed by atoms with van der Waals surface area (Å²) in [4.78, 5) is 16.4. The highest BCUT2D eigenvalue weighted by Gasteiger charge is 2.10. The predicted octanol–water partition coefficient (Wildman–Crippen LogP) is 0.503. The predicted molar refractivity (Wildman–Crippen MR) is 72.3 cm³/mol. The van der Waals surface area contributed by atoms with E-state index in [4.69, 9.17) is 4.74 Å². The molecule has 10 nitrogen and oxygen atoms in total. The van der Waals surface area contributed by atoms with Crippen LogP contribution in [-0.4, -0.2) is 46.5 Å². The summed E-state index contributed by atoms with van der Waals surface area (Å²) in [5.41, 5.74) is 0. The van der Waals surface area contributed by atoms with Crippen LogP contribution in [0.3, 0.4) is 0 Å². The van der Waals surface area contributed by atoms with Gasteiger partial charge in [0.05, 0.1) is 12.4 Å². The van der Waals surface area contributed by atoms with Crippen LogP contribution >= 0.6 is 0 Å². The van der Waals surface area contributed by atoms with Crippen molar-refractivity contribution in [3.8, 4) is 17.7 Å². The summed E-state index contributed by atoms with van der Waals surface area (Å²) in [7, 11) is 1.71. The molecule has 3 aromatic rings. The number of nitrogens with one attached hydrogen (secondary N) is 1. The molecule has 0 unspecified atom stereocenters. The first-order valence-corrected chi connectivity index (χ1v) is 6.27. The van der Waals surface area contributed by atoms with E-state index in [2.05, 4.69) is 35.5 Å². The average molecular weight is 287 g/mol. The first kappa shape index (κ1) is 13.0. The maximum absolute atomic E-state index is 5.59. The van der Waals surface area contributed by atoms with Crippen LogP contribution in [0.2, 0.25) is 0 Å². The Kier molecular flexibility index (Phi) is 3.41. The molecular formula is C11H13N9O. The third kappa shape index (κ3) is 2.78. The van der Waals surface area contributed by atoms with Gasteiger partial charge in [0.15, 0.2) is 5.75 Å². The first-order chi connectivity index (χ1) is 10.3. The third-order valence-corrected chi connectivity index (χ3v) is 2.59. The Morgan fingerprint density at radius 3 is 2.81 bits per heavy atom. The Bertz CT molecular complexity index is 721. The minimum Gasteiger partial charge on any atom is -0.421 e. The summed E-state index contributed by atoms with van der Waals surface area (Å²) in [6, 6.07) is 0.149. The van der Waals surface area contributed by atoms with Gasteiger partial charge in [-0.15, -0.1) is 0 Å². The minimum absolute atomic E-state index is 0.149. The Morgan fingerprint density at radius 1 is 1.24 bits per heavy atom. The number of aromatic nitrogens is 8. The second kappa shape index (κ2) is 5.53. The van der Waals surface area contributed by atoms with Crippen molar-refractivity contribution in [1.29, 1.82) is 0 Å². The van der Waals surface area contributed by atoms with Gasteiger partial charge in [0.2, 0.25) is 5.95 Å². The van der Waals surface area contributed by atoms with Crippen molar-refractivity contribution in [2.75, 3.05) is 12.4 Å². The molecule has 0 spiro atoms. The van der Waals surface area contributed by atoms with Gasteiger partial charge >= 0.3 is 6.01 Å². The van der Waals surface area contributed by atoms with E-state index in [1.165, 1.54) is 17.3 Å². The van der Waals surface area contributed by atoms with Crippen molar-refractivity contribution in [1.82, 2.24) is 39.5 Å². The highest BCUT2D eigenvalue weighted by Crippen LogP contribution is 2.18. The molecular weight excluding hydrogens is 274 g/mol. The molecule has 0 aliphatic heterocycles. The SMILES string of the molecule is CCn1cc(Oc2nc(NC)nc(-n3cncn3)n2)cn1. The molecule has 0 radical (unpaired) electrons. The molecule has 0 fully saturated rings. The van der Waals surface area contributed by atoms with E-state index >= 15 is 0 Å². The fourth-order valence-corrected chi connectivity index (χ4v) is 1.59. The Hall–Kier alpha value is -3.04. The third-order valence-electron chi connectivity index (χ3n) is 2.59. The van der Waals surface area contributed by atoms with Gasteiger partial charge < -0.3 is 10.1 Å². The van der Waals surface area contributed by atoms with Gasteiger partial charge in [0.25, 0.3) is 5.95 Å². The number of hydrogen-bond donors (Lipinski definition) is 1. The molecule has 0 aliphatic rings. The second-order valence-electron chi connectivity index (χ2n) is 3.97. The quantitative estimate of drug-likeness (QED) is 0.722. The molecule has 3 rings (SSSR count). The fourth-order valence-electron chi connectivity index (χ4n) is 1.59. The highest BCUT2D eigenvalue weighted by atomic mass is 16.5. The van der Waals surface area contributed by atoms with Crippen molar-refractivity contribution in [2.24, 2.45) is 0 Å². The molecule has 108 valence electrons. The van der Waals surface area contributed by atoms with Crippen molar-refractivity contribution >= 4 is 5.95 Å². The van der Waals surface area contributed by atoms with Crippen LogP contribution in [0.5, 0.6) is 11.8 Å². The van der Waals surface area contributed by atoms with Crippen molar-refractivity contribution in [3.05, 3.63) is 25.0 Å². The maximum Gasteiger partial charge on any atom is 0.328 e. The number of nitrogens with zero attached hydrogens (tertiary/aromatic N) is 8. The largest absolute Gasteiger partial charge is 0.421 e. The summed E-state index contributed by atoms with van der Waals surface area (Å²) >= 11 is 0. The van der Waals surface area contributed by atoms with Crippen molar-refractivity contribution in [3.63, 3.8) is 0 Å². The average Bonchev–Trinajstić information content (AvgIpc) is 3.18. The Morgan fingerprint density at radius 2 is 2.14 bits per heavy atom. The van der Waals surface area contributed by atoms with E-state index in [0.717, 1.165) is 6.54 Å². The van der Waals surface area contributed by atoms with Crippen LogP contribution < -0.4 is 10.1 Å². The molecule has 0 saturated carbocycles. The number of rotatable bonds is 5. The summed E-state index contributed by atoms with van der Waals surface area (Å²) in [5, 5.41) is 11.0. The van der Waals surface area contributed by atoms with E-state index < -0.39 is 0 Å². The number of hydrogen-bond acceptors (Lipinski definition) is 8. The molecule has 3 aromatic heterocycles. The van der Waals surface area contributed by atoms with E-state index in [1.807, 2.05) is 6.92 Å². The Labute approximate surface area is 119 Å². The molecule has 0 aromatic carbocycles. The van der Waals surface area contributed by atoms with Crippen LogP contribution in [0.15, 0.2) is 25.0 Å². The van der Waals surface area contributed by atoms with Gasteiger partial charge in [0.1, 0.15) is 12.7 Å². The minimum atomic E-state index is 0.149. The van der Waals surface area contributed by atoms with E-state index in [-0.39, 0.29) is 6.01 Å². The van der Waals surface area contributed by atoms with Crippen LogP contribution in [0.4, 0.5) is 5.95 Å². The lowest BCUT2D eigenvalue weighted by atomic mass is 10.6. The molecule has 0 amide bonds. The van der Waals surface area contributed by atoms with Gasteiger partial charge in [-0.05, 0) is 6.92 Å². The van der Waals surface area contributed by atoms with Crippen molar-refractivity contribution < 1.29 is 4.74 Å². The highest BCUT2D eigenvalue weighted by molar-refractivity contribution is 5.30. The molecule has 3 heterocycles. The maximum atomic E-state index is 5.59. The lowest BCUT2D eigenvalue weighted by Crippen LogP contribution is -2.08. The summed E-state index contributed by atoms with van der Waals surface area (Å²) in [6.45, 7) is 2.74. The van der Waals surface area contributed by atoms with E-state index in [9.17, 15) is 0 Å². The zero-order valence-electron chi connectivity index (χ0n) is 11.5. The molecule has 0 atom stereocenters. The summed E-state index contributed by atoms with van der Waals surface area (Å²) in [5.74, 6) is 1.23. The lowest BCUT2D eigenvalue weighted by molar-refractivity contribution is 0.437. The van der Waals surface area contributed by atoms with Crippen molar-refractivity contribution in [2.45, 2.75) is 13.5 Å². The van der Waals surface area contributed by atoms with Crippen LogP contribution in [0, 0.1) is 0 Å². The smallest absolute Gasteiger partial charge is 0.328 e. The molecule has 21 heavy (non-hydrogen) atoms. The van der Waals surface area contributed by atoms with Gasteiger partial charge in [-0.25, -0.2) is 4.98 Å². The molecule has 0 saturated heterocycles.